The SMILES string of the molecule is COC(=O)CCSCCCOc1ccccc1N. The summed E-state index contributed by atoms with van der Waals surface area (Å²) in [5.41, 5.74) is 6.41. The normalized spacial score (nSPS) is 10.1. The molecule has 0 heterocycles. The van der Waals surface area contributed by atoms with Crippen LogP contribution in [0.2, 0.25) is 0 Å². The van der Waals surface area contributed by atoms with Gasteiger partial charge in [-0.2, -0.15) is 11.8 Å². The first-order chi connectivity index (χ1) is 8.74. The summed E-state index contributed by atoms with van der Waals surface area (Å²) < 4.78 is 10.1. The predicted octanol–water partition coefficient (Wildman–Crippen LogP) is 2.33. The molecule has 1 aromatic carbocycles. The van der Waals surface area contributed by atoms with Gasteiger partial charge < -0.3 is 15.2 Å². The Kier molecular flexibility index (Phi) is 7.10. The van der Waals surface area contributed by atoms with Crippen molar-refractivity contribution in [3.05, 3.63) is 24.3 Å². The van der Waals surface area contributed by atoms with Crippen molar-refractivity contribution in [1.29, 1.82) is 0 Å². The zero-order valence-corrected chi connectivity index (χ0v) is 11.4. The van der Waals surface area contributed by atoms with E-state index < -0.39 is 0 Å². The second kappa shape index (κ2) is 8.69. The average molecular weight is 269 g/mol. The number of benzene rings is 1. The van der Waals surface area contributed by atoms with E-state index in [4.69, 9.17) is 10.5 Å². The molecule has 5 heteroatoms. The minimum Gasteiger partial charge on any atom is -0.491 e. The Balaban J connectivity index is 2.02. The average Bonchev–Trinajstić information content (AvgIpc) is 2.39. The summed E-state index contributed by atoms with van der Waals surface area (Å²) in [6.07, 6.45) is 1.40. The molecule has 100 valence electrons. The Labute approximate surface area is 112 Å². The van der Waals surface area contributed by atoms with E-state index in [1.54, 1.807) is 11.8 Å². The summed E-state index contributed by atoms with van der Waals surface area (Å²) >= 11 is 1.72. The van der Waals surface area contributed by atoms with Crippen LogP contribution in [0.25, 0.3) is 0 Å². The summed E-state index contributed by atoms with van der Waals surface area (Å²) in [7, 11) is 1.41. The van der Waals surface area contributed by atoms with Crippen LogP contribution in [-0.2, 0) is 9.53 Å². The molecule has 1 rings (SSSR count). The van der Waals surface area contributed by atoms with Gasteiger partial charge in [-0.1, -0.05) is 12.1 Å². The van der Waals surface area contributed by atoms with Gasteiger partial charge in [0.25, 0.3) is 0 Å². The summed E-state index contributed by atoms with van der Waals surface area (Å²) in [6, 6.07) is 7.46. The number of methoxy groups -OCH3 is 1. The van der Waals surface area contributed by atoms with E-state index in [1.165, 1.54) is 7.11 Å². The van der Waals surface area contributed by atoms with Crippen LogP contribution in [-0.4, -0.2) is 31.2 Å². The molecule has 0 aliphatic heterocycles. The second-order valence-corrected chi connectivity index (χ2v) is 4.90. The van der Waals surface area contributed by atoms with Gasteiger partial charge in [0.15, 0.2) is 0 Å². The minimum absolute atomic E-state index is 0.157. The summed E-state index contributed by atoms with van der Waals surface area (Å²) in [5.74, 6) is 2.33. The molecule has 0 amide bonds. The topological polar surface area (TPSA) is 61.5 Å². The molecule has 0 radical (unpaired) electrons. The lowest BCUT2D eigenvalue weighted by atomic mass is 10.3. The number of nitrogens with two attached hydrogens (primary N) is 1. The lowest BCUT2D eigenvalue weighted by Gasteiger charge is -2.08. The zero-order chi connectivity index (χ0) is 13.2. The number of carbonyl (C=O) groups is 1. The van der Waals surface area contributed by atoms with Crippen LogP contribution in [0, 0.1) is 0 Å². The van der Waals surface area contributed by atoms with E-state index in [-0.39, 0.29) is 5.97 Å². The molecule has 0 aliphatic rings. The molecule has 0 saturated carbocycles. The monoisotopic (exact) mass is 269 g/mol. The number of esters is 1. The quantitative estimate of drug-likeness (QED) is 0.446. The Morgan fingerprint density at radius 3 is 2.83 bits per heavy atom. The highest BCUT2D eigenvalue weighted by molar-refractivity contribution is 7.99. The van der Waals surface area contributed by atoms with Crippen LogP contribution in [0.4, 0.5) is 5.69 Å². The Morgan fingerprint density at radius 2 is 2.11 bits per heavy atom. The third-order valence-electron chi connectivity index (χ3n) is 2.29. The van der Waals surface area contributed by atoms with Gasteiger partial charge >= 0.3 is 5.97 Å². The van der Waals surface area contributed by atoms with E-state index >= 15 is 0 Å². The molecule has 0 fully saturated rings. The van der Waals surface area contributed by atoms with Crippen LogP contribution in [0.3, 0.4) is 0 Å². The summed E-state index contributed by atoms with van der Waals surface area (Å²) in [4.78, 5) is 10.8. The number of nitrogen functional groups attached to an aromatic ring is 1. The maximum Gasteiger partial charge on any atom is 0.306 e. The first kappa shape index (κ1) is 14.7. The number of ether oxygens (including phenoxy) is 2. The fraction of sp³-hybridized carbons (Fsp3) is 0.462. The summed E-state index contributed by atoms with van der Waals surface area (Å²) in [5, 5.41) is 0. The molecule has 0 spiro atoms. The third-order valence-corrected chi connectivity index (χ3v) is 3.36. The number of anilines is 1. The molecule has 0 aromatic heterocycles. The van der Waals surface area contributed by atoms with Crippen molar-refractivity contribution in [2.24, 2.45) is 0 Å². The molecule has 0 atom stereocenters. The Morgan fingerprint density at radius 1 is 1.33 bits per heavy atom. The van der Waals surface area contributed by atoms with Crippen molar-refractivity contribution in [3.63, 3.8) is 0 Å². The van der Waals surface area contributed by atoms with Gasteiger partial charge in [0.05, 0.1) is 25.8 Å². The largest absolute Gasteiger partial charge is 0.491 e. The number of rotatable bonds is 8. The van der Waals surface area contributed by atoms with Crippen molar-refractivity contribution < 1.29 is 14.3 Å². The van der Waals surface area contributed by atoms with E-state index in [2.05, 4.69) is 4.74 Å². The molecule has 0 bridgehead atoms. The minimum atomic E-state index is -0.157. The Bertz CT molecular complexity index is 371. The lowest BCUT2D eigenvalue weighted by molar-refractivity contribution is -0.140. The number of thioether (sulfide) groups is 1. The number of hydrogen-bond acceptors (Lipinski definition) is 5. The van der Waals surface area contributed by atoms with Crippen LogP contribution in [0.5, 0.6) is 5.75 Å². The Hall–Kier alpha value is -1.36. The van der Waals surface area contributed by atoms with Gasteiger partial charge in [0, 0.05) is 5.75 Å². The van der Waals surface area contributed by atoms with Crippen LogP contribution >= 0.6 is 11.8 Å². The number of para-hydroxylation sites is 2. The van der Waals surface area contributed by atoms with Crippen molar-refractivity contribution in [2.75, 3.05) is 31.0 Å². The van der Waals surface area contributed by atoms with Crippen molar-refractivity contribution in [1.82, 2.24) is 0 Å². The first-order valence-corrected chi connectivity index (χ1v) is 7.01. The van der Waals surface area contributed by atoms with Gasteiger partial charge in [-0.3, -0.25) is 4.79 Å². The third kappa shape index (κ3) is 5.82. The molecule has 2 N–H and O–H groups in total. The lowest BCUT2D eigenvalue weighted by Crippen LogP contribution is -2.03. The maximum absolute atomic E-state index is 10.8. The van der Waals surface area contributed by atoms with E-state index in [9.17, 15) is 4.79 Å². The van der Waals surface area contributed by atoms with Gasteiger partial charge in [-0.25, -0.2) is 0 Å². The molecular weight excluding hydrogens is 250 g/mol. The van der Waals surface area contributed by atoms with Crippen molar-refractivity contribution in [2.45, 2.75) is 12.8 Å². The molecule has 1 aromatic rings. The number of hydrogen-bond donors (Lipinski definition) is 1. The maximum atomic E-state index is 10.8. The fourth-order valence-corrected chi connectivity index (χ4v) is 2.15. The van der Waals surface area contributed by atoms with Crippen LogP contribution < -0.4 is 10.5 Å². The fourth-order valence-electron chi connectivity index (χ4n) is 1.31. The molecular formula is C13H19NO3S. The summed E-state index contributed by atoms with van der Waals surface area (Å²) in [6.45, 7) is 0.638. The van der Waals surface area contributed by atoms with E-state index in [1.807, 2.05) is 24.3 Å². The van der Waals surface area contributed by atoms with Crippen LogP contribution in [0.1, 0.15) is 12.8 Å². The number of carbonyl (C=O) groups excluding carboxylic acids is 1. The molecule has 18 heavy (non-hydrogen) atoms. The molecule has 4 nitrogen and oxygen atoms in total. The molecule has 0 aliphatic carbocycles. The predicted molar refractivity (Wildman–Crippen MR) is 74.9 cm³/mol. The zero-order valence-electron chi connectivity index (χ0n) is 10.6. The smallest absolute Gasteiger partial charge is 0.306 e. The van der Waals surface area contributed by atoms with E-state index in [0.29, 0.717) is 18.7 Å². The highest BCUT2D eigenvalue weighted by Crippen LogP contribution is 2.19. The second-order valence-electron chi connectivity index (χ2n) is 3.68. The van der Waals surface area contributed by atoms with E-state index in [0.717, 1.165) is 23.7 Å². The van der Waals surface area contributed by atoms with Gasteiger partial charge in [-0.05, 0) is 24.3 Å². The van der Waals surface area contributed by atoms with Crippen molar-refractivity contribution in [3.8, 4) is 5.75 Å². The molecule has 0 saturated heterocycles. The molecule has 0 unspecified atom stereocenters. The standard InChI is InChI=1S/C13H19NO3S/c1-16-13(15)7-10-18-9-4-8-17-12-6-3-2-5-11(12)14/h2-3,5-6H,4,7-10,14H2,1H3. The van der Waals surface area contributed by atoms with Crippen molar-refractivity contribution >= 4 is 23.4 Å². The highest BCUT2D eigenvalue weighted by Gasteiger charge is 2.00. The van der Waals surface area contributed by atoms with Gasteiger partial charge in [0.2, 0.25) is 0 Å². The first-order valence-electron chi connectivity index (χ1n) is 5.86. The highest BCUT2D eigenvalue weighted by atomic mass is 32.2. The van der Waals surface area contributed by atoms with Gasteiger partial charge in [-0.15, -0.1) is 0 Å². The van der Waals surface area contributed by atoms with Crippen LogP contribution in [0.15, 0.2) is 24.3 Å². The van der Waals surface area contributed by atoms with Gasteiger partial charge in [0.1, 0.15) is 5.75 Å².